The van der Waals surface area contributed by atoms with Crippen molar-refractivity contribution in [2.75, 3.05) is 0 Å². The summed E-state index contributed by atoms with van der Waals surface area (Å²) in [5.41, 5.74) is 0. The van der Waals surface area contributed by atoms with Crippen molar-refractivity contribution in [2.24, 2.45) is 0 Å². The van der Waals surface area contributed by atoms with Crippen molar-refractivity contribution in [1.82, 2.24) is 4.98 Å². The van der Waals surface area contributed by atoms with Crippen LogP contribution in [0.1, 0.15) is 0 Å². The molecule has 0 atom stereocenters. The van der Waals surface area contributed by atoms with Crippen molar-refractivity contribution in [3.8, 4) is 23.1 Å². The molecule has 0 saturated carbocycles. The van der Waals surface area contributed by atoms with Gasteiger partial charge in [-0.2, -0.15) is 0 Å². The first-order valence-electron chi connectivity index (χ1n) is 6.42. The zero-order valence-corrected chi connectivity index (χ0v) is 12.7. The van der Waals surface area contributed by atoms with E-state index in [1.54, 1.807) is 6.20 Å². The maximum Gasteiger partial charge on any atom is 0.233 e. The molecular formula is C17H12BrNO2. The third-order valence-corrected chi connectivity index (χ3v) is 3.35. The molecule has 0 amide bonds. The van der Waals surface area contributed by atoms with E-state index in [0.29, 0.717) is 11.6 Å². The predicted molar refractivity (Wildman–Crippen MR) is 85.0 cm³/mol. The molecule has 2 aromatic carbocycles. The van der Waals surface area contributed by atoms with E-state index in [1.165, 1.54) is 0 Å². The Morgan fingerprint density at radius 2 is 1.29 bits per heavy atom. The Hall–Kier alpha value is -2.33. The second-order valence-electron chi connectivity index (χ2n) is 4.28. The summed E-state index contributed by atoms with van der Waals surface area (Å²) in [6.07, 6.45) is 1.69. The Labute approximate surface area is 131 Å². The van der Waals surface area contributed by atoms with E-state index in [0.717, 1.165) is 16.0 Å². The molecule has 104 valence electrons. The summed E-state index contributed by atoms with van der Waals surface area (Å²) < 4.78 is 12.2. The van der Waals surface area contributed by atoms with Crippen molar-refractivity contribution in [3.05, 3.63) is 77.4 Å². The SMILES string of the molecule is Brc1cccnc1Oc1ccc(Oc2ccccc2)cc1. The minimum absolute atomic E-state index is 0.536. The Morgan fingerprint density at radius 1 is 0.667 bits per heavy atom. The third-order valence-electron chi connectivity index (χ3n) is 2.74. The van der Waals surface area contributed by atoms with Crippen LogP contribution in [-0.2, 0) is 0 Å². The smallest absolute Gasteiger partial charge is 0.233 e. The van der Waals surface area contributed by atoms with Crippen LogP contribution in [-0.4, -0.2) is 4.98 Å². The van der Waals surface area contributed by atoms with E-state index in [9.17, 15) is 0 Å². The lowest BCUT2D eigenvalue weighted by Gasteiger charge is -2.08. The molecule has 0 spiro atoms. The molecule has 21 heavy (non-hydrogen) atoms. The standard InChI is InChI=1S/C17H12BrNO2/c18-16-7-4-12-19-17(16)21-15-10-8-14(9-11-15)20-13-5-2-1-3-6-13/h1-12H. The van der Waals surface area contributed by atoms with Crippen LogP contribution in [0.3, 0.4) is 0 Å². The molecular weight excluding hydrogens is 330 g/mol. The fraction of sp³-hybridized carbons (Fsp3) is 0. The van der Waals surface area contributed by atoms with Gasteiger partial charge in [0.05, 0.1) is 4.47 Å². The van der Waals surface area contributed by atoms with Crippen molar-refractivity contribution >= 4 is 15.9 Å². The summed E-state index contributed by atoms with van der Waals surface area (Å²) in [4.78, 5) is 4.16. The summed E-state index contributed by atoms with van der Waals surface area (Å²) >= 11 is 3.40. The fourth-order valence-corrected chi connectivity index (χ4v) is 2.09. The topological polar surface area (TPSA) is 31.4 Å². The Morgan fingerprint density at radius 3 is 1.95 bits per heavy atom. The number of pyridine rings is 1. The molecule has 0 aliphatic rings. The van der Waals surface area contributed by atoms with Crippen molar-refractivity contribution < 1.29 is 9.47 Å². The number of rotatable bonds is 4. The second-order valence-corrected chi connectivity index (χ2v) is 5.13. The van der Waals surface area contributed by atoms with E-state index in [4.69, 9.17) is 9.47 Å². The first-order chi connectivity index (χ1) is 10.3. The molecule has 3 aromatic rings. The number of benzene rings is 2. The molecule has 0 radical (unpaired) electrons. The van der Waals surface area contributed by atoms with E-state index in [2.05, 4.69) is 20.9 Å². The highest BCUT2D eigenvalue weighted by molar-refractivity contribution is 9.10. The number of nitrogens with zero attached hydrogens (tertiary/aromatic N) is 1. The molecule has 0 saturated heterocycles. The van der Waals surface area contributed by atoms with Crippen LogP contribution in [0.2, 0.25) is 0 Å². The lowest BCUT2D eigenvalue weighted by molar-refractivity contribution is 0.454. The summed E-state index contributed by atoms with van der Waals surface area (Å²) in [6, 6.07) is 20.8. The van der Waals surface area contributed by atoms with Gasteiger partial charge in [-0.25, -0.2) is 4.98 Å². The largest absolute Gasteiger partial charge is 0.457 e. The van der Waals surface area contributed by atoms with Gasteiger partial charge < -0.3 is 9.47 Å². The van der Waals surface area contributed by atoms with Crippen LogP contribution in [0.5, 0.6) is 23.1 Å². The van der Waals surface area contributed by atoms with Crippen LogP contribution in [0.25, 0.3) is 0 Å². The summed E-state index contributed by atoms with van der Waals surface area (Å²) in [6.45, 7) is 0. The highest BCUT2D eigenvalue weighted by Gasteiger charge is 2.04. The third kappa shape index (κ3) is 3.61. The van der Waals surface area contributed by atoms with Crippen molar-refractivity contribution in [2.45, 2.75) is 0 Å². The highest BCUT2D eigenvalue weighted by Crippen LogP contribution is 2.29. The van der Waals surface area contributed by atoms with Gasteiger partial charge in [0.15, 0.2) is 0 Å². The van der Waals surface area contributed by atoms with Crippen LogP contribution >= 0.6 is 15.9 Å². The minimum Gasteiger partial charge on any atom is -0.457 e. The molecule has 0 N–H and O–H groups in total. The molecule has 0 unspecified atom stereocenters. The lowest BCUT2D eigenvalue weighted by atomic mass is 10.3. The maximum absolute atomic E-state index is 5.73. The molecule has 1 heterocycles. The average molecular weight is 342 g/mol. The van der Waals surface area contributed by atoms with Gasteiger partial charge in [0.1, 0.15) is 17.2 Å². The molecule has 3 nitrogen and oxygen atoms in total. The lowest BCUT2D eigenvalue weighted by Crippen LogP contribution is -1.89. The zero-order chi connectivity index (χ0) is 14.5. The Balaban J connectivity index is 1.71. The normalized spacial score (nSPS) is 10.1. The van der Waals surface area contributed by atoms with Crippen molar-refractivity contribution in [3.63, 3.8) is 0 Å². The van der Waals surface area contributed by atoms with Crippen LogP contribution < -0.4 is 9.47 Å². The van der Waals surface area contributed by atoms with Gasteiger partial charge in [-0.15, -0.1) is 0 Å². The fourth-order valence-electron chi connectivity index (χ4n) is 1.76. The molecule has 3 rings (SSSR count). The summed E-state index contributed by atoms with van der Waals surface area (Å²) in [5.74, 6) is 2.80. The average Bonchev–Trinajstić information content (AvgIpc) is 2.52. The van der Waals surface area contributed by atoms with E-state index >= 15 is 0 Å². The highest BCUT2D eigenvalue weighted by atomic mass is 79.9. The molecule has 1 aromatic heterocycles. The minimum atomic E-state index is 0.536. The summed E-state index contributed by atoms with van der Waals surface area (Å²) in [7, 11) is 0. The monoisotopic (exact) mass is 341 g/mol. The van der Waals surface area contributed by atoms with Crippen LogP contribution in [0, 0.1) is 0 Å². The van der Waals surface area contributed by atoms with Gasteiger partial charge in [0, 0.05) is 6.20 Å². The van der Waals surface area contributed by atoms with E-state index in [-0.39, 0.29) is 0 Å². The number of para-hydroxylation sites is 1. The van der Waals surface area contributed by atoms with E-state index in [1.807, 2.05) is 66.7 Å². The van der Waals surface area contributed by atoms with Gasteiger partial charge in [-0.3, -0.25) is 0 Å². The van der Waals surface area contributed by atoms with Gasteiger partial charge in [-0.1, -0.05) is 18.2 Å². The Kier molecular flexibility index (Phi) is 4.17. The van der Waals surface area contributed by atoms with Crippen LogP contribution in [0.15, 0.2) is 77.4 Å². The van der Waals surface area contributed by atoms with E-state index < -0.39 is 0 Å². The van der Waals surface area contributed by atoms with Crippen molar-refractivity contribution in [1.29, 1.82) is 0 Å². The number of hydrogen-bond acceptors (Lipinski definition) is 3. The quantitative estimate of drug-likeness (QED) is 0.634. The second kappa shape index (κ2) is 6.41. The summed E-state index contributed by atoms with van der Waals surface area (Å²) in [5, 5.41) is 0. The van der Waals surface area contributed by atoms with Crippen LogP contribution in [0.4, 0.5) is 0 Å². The first-order valence-corrected chi connectivity index (χ1v) is 7.22. The van der Waals surface area contributed by atoms with Gasteiger partial charge >= 0.3 is 0 Å². The zero-order valence-electron chi connectivity index (χ0n) is 11.1. The molecule has 4 heteroatoms. The molecule has 0 bridgehead atoms. The molecule has 0 fully saturated rings. The molecule has 0 aliphatic heterocycles. The molecule has 0 aliphatic carbocycles. The first kappa shape index (κ1) is 13.6. The number of ether oxygens (including phenoxy) is 2. The van der Waals surface area contributed by atoms with Gasteiger partial charge in [0.2, 0.25) is 5.88 Å². The van der Waals surface area contributed by atoms with Gasteiger partial charge in [0.25, 0.3) is 0 Å². The number of aromatic nitrogens is 1. The van der Waals surface area contributed by atoms with Gasteiger partial charge in [-0.05, 0) is 64.5 Å². The number of hydrogen-bond donors (Lipinski definition) is 0. The number of halogens is 1. The maximum atomic E-state index is 5.73. The Bertz CT molecular complexity index is 714. The predicted octanol–water partition coefficient (Wildman–Crippen LogP) is 5.43.